The lowest BCUT2D eigenvalue weighted by Gasteiger charge is -2.20. The summed E-state index contributed by atoms with van der Waals surface area (Å²) in [6.45, 7) is 8.26. The van der Waals surface area contributed by atoms with Gasteiger partial charge in [-0.2, -0.15) is 11.8 Å². The van der Waals surface area contributed by atoms with E-state index in [2.05, 4.69) is 28.6 Å². The number of nitrogens with zero attached hydrogens (tertiary/aromatic N) is 3. The molecule has 2 aromatic heterocycles. The van der Waals surface area contributed by atoms with Crippen LogP contribution in [0.5, 0.6) is 0 Å². The van der Waals surface area contributed by atoms with Crippen LogP contribution in [0.25, 0.3) is 21.9 Å². The Labute approximate surface area is 146 Å². The second kappa shape index (κ2) is 6.26. The standard InChI is InChI=1S/C18H24N4OS/c1-5-24-9-14-21-15-16(22(14)10-18(3,4)23)12-7-6-11(2)8-13(12)20-17(15)19/h6-8,23H,5,9-10H2,1-4H3,(H2,19,20). The van der Waals surface area contributed by atoms with E-state index in [1.165, 1.54) is 0 Å². The summed E-state index contributed by atoms with van der Waals surface area (Å²) < 4.78 is 2.10. The Hall–Kier alpha value is -1.79. The summed E-state index contributed by atoms with van der Waals surface area (Å²) in [5.41, 5.74) is 9.05. The summed E-state index contributed by atoms with van der Waals surface area (Å²) in [7, 11) is 0. The van der Waals surface area contributed by atoms with Crippen molar-refractivity contribution in [3.05, 3.63) is 29.6 Å². The molecule has 0 unspecified atom stereocenters. The van der Waals surface area contributed by atoms with Crippen LogP contribution in [-0.2, 0) is 12.3 Å². The Morgan fingerprint density at radius 2 is 2.04 bits per heavy atom. The molecule has 3 rings (SSSR count). The molecule has 5 nitrogen and oxygen atoms in total. The van der Waals surface area contributed by atoms with Crippen molar-refractivity contribution in [1.82, 2.24) is 14.5 Å². The fraction of sp³-hybridized carbons (Fsp3) is 0.444. The molecule has 0 saturated heterocycles. The van der Waals surface area contributed by atoms with E-state index in [1.807, 2.05) is 26.8 Å². The maximum absolute atomic E-state index is 10.4. The first kappa shape index (κ1) is 17.0. The van der Waals surface area contributed by atoms with Gasteiger partial charge in [-0.05, 0) is 38.2 Å². The molecule has 2 heterocycles. The summed E-state index contributed by atoms with van der Waals surface area (Å²) in [6.07, 6.45) is 0. The lowest BCUT2D eigenvalue weighted by Crippen LogP contribution is -2.27. The number of aromatic nitrogens is 3. The summed E-state index contributed by atoms with van der Waals surface area (Å²) in [6, 6.07) is 6.17. The lowest BCUT2D eigenvalue weighted by molar-refractivity contribution is 0.0620. The second-order valence-corrected chi connectivity index (χ2v) is 8.05. The predicted octanol–water partition coefficient (Wildman–Crippen LogP) is 3.50. The van der Waals surface area contributed by atoms with Crippen LogP contribution in [0.4, 0.5) is 5.82 Å². The Bertz CT molecular complexity index is 896. The summed E-state index contributed by atoms with van der Waals surface area (Å²) in [4.78, 5) is 9.28. The molecule has 0 aliphatic carbocycles. The van der Waals surface area contributed by atoms with Crippen LogP contribution in [0.3, 0.4) is 0 Å². The van der Waals surface area contributed by atoms with Crippen LogP contribution in [0.15, 0.2) is 18.2 Å². The average Bonchev–Trinajstić information content (AvgIpc) is 2.82. The monoisotopic (exact) mass is 344 g/mol. The smallest absolute Gasteiger partial charge is 0.152 e. The molecule has 0 fully saturated rings. The number of anilines is 1. The van der Waals surface area contributed by atoms with Gasteiger partial charge in [0.2, 0.25) is 0 Å². The van der Waals surface area contributed by atoms with E-state index in [9.17, 15) is 5.11 Å². The highest BCUT2D eigenvalue weighted by Crippen LogP contribution is 2.31. The van der Waals surface area contributed by atoms with Gasteiger partial charge in [-0.3, -0.25) is 0 Å². The van der Waals surface area contributed by atoms with Crippen LogP contribution in [-0.4, -0.2) is 31.0 Å². The van der Waals surface area contributed by atoms with Gasteiger partial charge in [-0.15, -0.1) is 0 Å². The molecule has 128 valence electrons. The maximum Gasteiger partial charge on any atom is 0.152 e. The number of pyridine rings is 1. The second-order valence-electron chi connectivity index (χ2n) is 6.78. The zero-order chi connectivity index (χ0) is 17.5. The SMILES string of the molecule is CCSCc1nc2c(N)nc3cc(C)ccc3c2n1CC(C)(C)O. The molecule has 3 N–H and O–H groups in total. The van der Waals surface area contributed by atoms with Crippen LogP contribution >= 0.6 is 11.8 Å². The highest BCUT2D eigenvalue weighted by molar-refractivity contribution is 7.98. The molecule has 0 bridgehead atoms. The van der Waals surface area contributed by atoms with E-state index in [0.717, 1.165) is 44.8 Å². The molecule has 0 amide bonds. The van der Waals surface area contributed by atoms with Crippen molar-refractivity contribution in [2.75, 3.05) is 11.5 Å². The van der Waals surface area contributed by atoms with Gasteiger partial charge >= 0.3 is 0 Å². The molecule has 0 spiro atoms. The maximum atomic E-state index is 10.4. The number of aliphatic hydroxyl groups is 1. The van der Waals surface area contributed by atoms with Gasteiger partial charge in [-0.1, -0.05) is 19.1 Å². The third-order valence-corrected chi connectivity index (χ3v) is 4.79. The van der Waals surface area contributed by atoms with Gasteiger partial charge in [0.15, 0.2) is 5.82 Å². The molecule has 0 aliphatic heterocycles. The summed E-state index contributed by atoms with van der Waals surface area (Å²) in [5.74, 6) is 3.17. The number of fused-ring (bicyclic) bond motifs is 3. The molecule has 3 aromatic rings. The zero-order valence-corrected chi connectivity index (χ0v) is 15.4. The number of thioether (sulfide) groups is 1. The van der Waals surface area contributed by atoms with Gasteiger partial charge in [-0.25, -0.2) is 9.97 Å². The normalized spacial score (nSPS) is 12.4. The minimum Gasteiger partial charge on any atom is -0.389 e. The van der Waals surface area contributed by atoms with E-state index in [0.29, 0.717) is 12.4 Å². The van der Waals surface area contributed by atoms with Crippen LogP contribution < -0.4 is 5.73 Å². The minimum absolute atomic E-state index is 0.445. The van der Waals surface area contributed by atoms with Crippen molar-refractivity contribution in [3.63, 3.8) is 0 Å². The van der Waals surface area contributed by atoms with Gasteiger partial charge in [0.05, 0.1) is 28.9 Å². The Balaban J connectivity index is 2.34. The van der Waals surface area contributed by atoms with Crippen molar-refractivity contribution in [2.24, 2.45) is 0 Å². The predicted molar refractivity (Wildman–Crippen MR) is 102 cm³/mol. The molecule has 0 aliphatic rings. The fourth-order valence-electron chi connectivity index (χ4n) is 2.93. The highest BCUT2D eigenvalue weighted by atomic mass is 32.2. The highest BCUT2D eigenvalue weighted by Gasteiger charge is 2.22. The first-order valence-corrected chi connectivity index (χ1v) is 9.30. The number of hydrogen-bond donors (Lipinski definition) is 2. The Kier molecular flexibility index (Phi) is 4.44. The van der Waals surface area contributed by atoms with Gasteiger partial charge in [0.25, 0.3) is 0 Å². The van der Waals surface area contributed by atoms with Crippen molar-refractivity contribution < 1.29 is 5.11 Å². The molecule has 0 atom stereocenters. The van der Waals surface area contributed by atoms with Crippen molar-refractivity contribution in [1.29, 1.82) is 0 Å². The van der Waals surface area contributed by atoms with Crippen LogP contribution in [0.1, 0.15) is 32.2 Å². The number of benzene rings is 1. The quantitative estimate of drug-likeness (QED) is 0.741. The van der Waals surface area contributed by atoms with Crippen molar-refractivity contribution in [3.8, 4) is 0 Å². The molecule has 6 heteroatoms. The van der Waals surface area contributed by atoms with Gasteiger partial charge < -0.3 is 15.4 Å². The van der Waals surface area contributed by atoms with E-state index in [1.54, 1.807) is 11.8 Å². The molecule has 24 heavy (non-hydrogen) atoms. The number of hydrogen-bond acceptors (Lipinski definition) is 5. The zero-order valence-electron chi connectivity index (χ0n) is 14.6. The Morgan fingerprint density at radius 1 is 1.29 bits per heavy atom. The number of rotatable bonds is 5. The van der Waals surface area contributed by atoms with Crippen LogP contribution in [0.2, 0.25) is 0 Å². The van der Waals surface area contributed by atoms with E-state index in [-0.39, 0.29) is 0 Å². The first-order chi connectivity index (χ1) is 11.3. The minimum atomic E-state index is -0.839. The molecule has 1 aromatic carbocycles. The number of imidazole rings is 1. The number of nitrogens with two attached hydrogens (primary N) is 1. The fourth-order valence-corrected chi connectivity index (χ4v) is 3.54. The van der Waals surface area contributed by atoms with Gasteiger partial charge in [0, 0.05) is 5.39 Å². The molecular weight excluding hydrogens is 320 g/mol. The summed E-state index contributed by atoms with van der Waals surface area (Å²) in [5, 5.41) is 11.4. The van der Waals surface area contributed by atoms with Crippen LogP contribution in [0, 0.1) is 6.92 Å². The first-order valence-electron chi connectivity index (χ1n) is 8.15. The van der Waals surface area contributed by atoms with Crippen molar-refractivity contribution >= 4 is 39.5 Å². The Morgan fingerprint density at radius 3 is 2.71 bits per heavy atom. The third kappa shape index (κ3) is 3.21. The number of nitrogen functional groups attached to an aromatic ring is 1. The van der Waals surface area contributed by atoms with E-state index >= 15 is 0 Å². The largest absolute Gasteiger partial charge is 0.389 e. The third-order valence-electron chi connectivity index (χ3n) is 3.92. The summed E-state index contributed by atoms with van der Waals surface area (Å²) >= 11 is 1.80. The topological polar surface area (TPSA) is 77.0 Å². The van der Waals surface area contributed by atoms with Gasteiger partial charge in [0.1, 0.15) is 11.3 Å². The molecular formula is C18H24N4OS. The molecule has 0 radical (unpaired) electrons. The average molecular weight is 344 g/mol. The van der Waals surface area contributed by atoms with E-state index in [4.69, 9.17) is 10.7 Å². The number of aryl methyl sites for hydroxylation is 1. The lowest BCUT2D eigenvalue weighted by atomic mass is 10.1. The van der Waals surface area contributed by atoms with E-state index < -0.39 is 5.60 Å². The van der Waals surface area contributed by atoms with Crippen molar-refractivity contribution in [2.45, 2.75) is 45.6 Å². The molecule has 0 saturated carbocycles.